The van der Waals surface area contributed by atoms with Gasteiger partial charge in [0.05, 0.1) is 24.1 Å². The van der Waals surface area contributed by atoms with E-state index in [0.29, 0.717) is 24.5 Å². The van der Waals surface area contributed by atoms with Gasteiger partial charge in [0, 0.05) is 19.3 Å². The van der Waals surface area contributed by atoms with Crippen LogP contribution in [0.3, 0.4) is 0 Å². The molecule has 2 aromatic rings. The zero-order valence-electron chi connectivity index (χ0n) is 12.3. The highest BCUT2D eigenvalue weighted by Gasteiger charge is 2.23. The third kappa shape index (κ3) is 3.69. The molecule has 0 aliphatic rings. The molecule has 0 aromatic carbocycles. The molecule has 0 fully saturated rings. The zero-order valence-corrected chi connectivity index (χ0v) is 13.2. The standard InChI is InChI=1S/C12H20N6O2S/c1-9-6-14-18(8-9)5-4-15-21(19,20)12-10(2)16-17-11(12)7-13-3/h6,8,13,15H,4-5,7H2,1-3H3,(H,16,17). The van der Waals surface area contributed by atoms with Crippen molar-refractivity contribution in [2.75, 3.05) is 13.6 Å². The van der Waals surface area contributed by atoms with Gasteiger partial charge in [-0.2, -0.15) is 10.2 Å². The van der Waals surface area contributed by atoms with Gasteiger partial charge in [-0.05, 0) is 26.5 Å². The summed E-state index contributed by atoms with van der Waals surface area (Å²) < 4.78 is 29.0. The van der Waals surface area contributed by atoms with Gasteiger partial charge in [-0.25, -0.2) is 13.1 Å². The van der Waals surface area contributed by atoms with Crippen LogP contribution >= 0.6 is 0 Å². The first-order chi connectivity index (χ1) is 9.94. The Bertz CT molecular complexity index is 703. The first kappa shape index (κ1) is 15.7. The van der Waals surface area contributed by atoms with Gasteiger partial charge in [-0.3, -0.25) is 9.78 Å². The monoisotopic (exact) mass is 312 g/mol. The predicted molar refractivity (Wildman–Crippen MR) is 78.2 cm³/mol. The summed E-state index contributed by atoms with van der Waals surface area (Å²) in [6, 6.07) is 0. The summed E-state index contributed by atoms with van der Waals surface area (Å²) in [7, 11) is -1.84. The molecule has 0 aliphatic heterocycles. The summed E-state index contributed by atoms with van der Waals surface area (Å²) in [5.74, 6) is 0. The van der Waals surface area contributed by atoms with Gasteiger partial charge in [-0.1, -0.05) is 0 Å². The number of nitrogens with one attached hydrogen (secondary N) is 3. The Morgan fingerprint density at radius 3 is 2.76 bits per heavy atom. The quantitative estimate of drug-likeness (QED) is 0.663. The molecule has 0 unspecified atom stereocenters. The number of rotatable bonds is 7. The van der Waals surface area contributed by atoms with E-state index >= 15 is 0 Å². The number of nitrogens with zero attached hydrogens (tertiary/aromatic N) is 3. The van der Waals surface area contributed by atoms with Gasteiger partial charge in [0.25, 0.3) is 0 Å². The van der Waals surface area contributed by atoms with Crippen molar-refractivity contribution in [3.63, 3.8) is 0 Å². The van der Waals surface area contributed by atoms with E-state index in [1.165, 1.54) is 0 Å². The topological polar surface area (TPSA) is 105 Å². The van der Waals surface area contributed by atoms with Crippen molar-refractivity contribution >= 4 is 10.0 Å². The van der Waals surface area contributed by atoms with E-state index < -0.39 is 10.0 Å². The second kappa shape index (κ2) is 6.37. The van der Waals surface area contributed by atoms with E-state index in [0.717, 1.165) is 5.56 Å². The first-order valence-corrected chi connectivity index (χ1v) is 8.09. The highest BCUT2D eigenvalue weighted by molar-refractivity contribution is 7.89. The zero-order chi connectivity index (χ0) is 15.5. The van der Waals surface area contributed by atoms with Crippen LogP contribution in [0.25, 0.3) is 0 Å². The molecule has 0 spiro atoms. The minimum atomic E-state index is -3.59. The van der Waals surface area contributed by atoms with Crippen molar-refractivity contribution in [3.05, 3.63) is 29.3 Å². The maximum Gasteiger partial charge on any atom is 0.244 e. The largest absolute Gasteiger partial charge is 0.314 e. The summed E-state index contributed by atoms with van der Waals surface area (Å²) in [4.78, 5) is 0.216. The van der Waals surface area contributed by atoms with Gasteiger partial charge in [0.15, 0.2) is 0 Å². The van der Waals surface area contributed by atoms with Crippen LogP contribution in [0.2, 0.25) is 0 Å². The summed E-state index contributed by atoms with van der Waals surface area (Å²) in [5, 5.41) is 13.8. The fourth-order valence-electron chi connectivity index (χ4n) is 2.07. The molecule has 9 heteroatoms. The van der Waals surface area contributed by atoms with E-state index in [4.69, 9.17) is 0 Å². The van der Waals surface area contributed by atoms with Crippen molar-refractivity contribution in [1.82, 2.24) is 30.0 Å². The fraction of sp³-hybridized carbons (Fsp3) is 0.500. The number of H-pyrrole nitrogens is 1. The maximum absolute atomic E-state index is 12.4. The molecule has 21 heavy (non-hydrogen) atoms. The van der Waals surface area contributed by atoms with E-state index in [9.17, 15) is 8.42 Å². The van der Waals surface area contributed by atoms with Crippen LogP contribution in [0.15, 0.2) is 17.3 Å². The van der Waals surface area contributed by atoms with E-state index in [2.05, 4.69) is 25.3 Å². The van der Waals surface area contributed by atoms with Crippen molar-refractivity contribution in [1.29, 1.82) is 0 Å². The van der Waals surface area contributed by atoms with Crippen molar-refractivity contribution < 1.29 is 8.42 Å². The Hall–Kier alpha value is -1.71. The normalized spacial score (nSPS) is 12.0. The minimum absolute atomic E-state index is 0.216. The van der Waals surface area contributed by atoms with Gasteiger partial charge in [0.1, 0.15) is 4.90 Å². The SMILES string of the molecule is CNCc1n[nH]c(C)c1S(=O)(=O)NCCn1cc(C)cn1. The second-order valence-electron chi connectivity index (χ2n) is 4.83. The molecule has 3 N–H and O–H groups in total. The highest BCUT2D eigenvalue weighted by atomic mass is 32.2. The molecule has 0 atom stereocenters. The predicted octanol–water partition coefficient (Wildman–Crippen LogP) is -0.0791. The van der Waals surface area contributed by atoms with E-state index in [-0.39, 0.29) is 11.4 Å². The molecule has 0 aliphatic carbocycles. The Morgan fingerprint density at radius 1 is 1.38 bits per heavy atom. The molecule has 2 heterocycles. The number of hydrogen-bond acceptors (Lipinski definition) is 5. The van der Waals surface area contributed by atoms with Crippen LogP contribution in [0.4, 0.5) is 0 Å². The average molecular weight is 312 g/mol. The number of sulfonamides is 1. The summed E-state index contributed by atoms with van der Waals surface area (Å²) >= 11 is 0. The maximum atomic E-state index is 12.4. The number of aryl methyl sites for hydroxylation is 2. The lowest BCUT2D eigenvalue weighted by atomic mass is 10.4. The molecular formula is C12H20N6O2S. The van der Waals surface area contributed by atoms with Crippen LogP contribution < -0.4 is 10.0 Å². The molecule has 0 radical (unpaired) electrons. The molecule has 0 amide bonds. The summed E-state index contributed by atoms with van der Waals surface area (Å²) in [6.45, 7) is 4.77. The lowest BCUT2D eigenvalue weighted by Crippen LogP contribution is -2.29. The third-order valence-electron chi connectivity index (χ3n) is 2.97. The van der Waals surface area contributed by atoms with E-state index in [1.807, 2.05) is 13.1 Å². The smallest absolute Gasteiger partial charge is 0.244 e. The Kier molecular flexibility index (Phi) is 4.76. The molecule has 0 bridgehead atoms. The Balaban J connectivity index is 2.06. The van der Waals surface area contributed by atoms with Gasteiger partial charge in [0.2, 0.25) is 10.0 Å². The van der Waals surface area contributed by atoms with Crippen molar-refractivity contribution in [2.45, 2.75) is 31.8 Å². The number of aromatic nitrogens is 4. The van der Waals surface area contributed by atoms with Gasteiger partial charge < -0.3 is 5.32 Å². The van der Waals surface area contributed by atoms with Crippen LogP contribution in [0.5, 0.6) is 0 Å². The molecule has 116 valence electrons. The van der Waals surface area contributed by atoms with Crippen LogP contribution in [-0.4, -0.2) is 42.0 Å². The summed E-state index contributed by atoms with van der Waals surface area (Å²) in [5.41, 5.74) is 2.06. The van der Waals surface area contributed by atoms with Crippen LogP contribution in [-0.2, 0) is 23.1 Å². The van der Waals surface area contributed by atoms with Crippen molar-refractivity contribution in [2.24, 2.45) is 0 Å². The van der Waals surface area contributed by atoms with Crippen LogP contribution in [0, 0.1) is 13.8 Å². The highest BCUT2D eigenvalue weighted by Crippen LogP contribution is 2.17. The molecule has 2 aromatic heterocycles. The minimum Gasteiger partial charge on any atom is -0.314 e. The lowest BCUT2D eigenvalue weighted by Gasteiger charge is -2.08. The Morgan fingerprint density at radius 2 is 2.14 bits per heavy atom. The number of aromatic amines is 1. The second-order valence-corrected chi connectivity index (χ2v) is 6.54. The molecule has 0 saturated carbocycles. The van der Waals surface area contributed by atoms with Crippen LogP contribution in [0.1, 0.15) is 17.0 Å². The van der Waals surface area contributed by atoms with E-state index in [1.54, 1.807) is 24.9 Å². The van der Waals surface area contributed by atoms with Crippen molar-refractivity contribution in [3.8, 4) is 0 Å². The van der Waals surface area contributed by atoms with Gasteiger partial charge >= 0.3 is 0 Å². The lowest BCUT2D eigenvalue weighted by molar-refractivity contribution is 0.559. The average Bonchev–Trinajstić information content (AvgIpc) is 2.97. The third-order valence-corrected chi connectivity index (χ3v) is 4.63. The molecule has 2 rings (SSSR count). The molecule has 0 saturated heterocycles. The first-order valence-electron chi connectivity index (χ1n) is 6.61. The molecule has 8 nitrogen and oxygen atoms in total. The summed E-state index contributed by atoms with van der Waals surface area (Å²) in [6.07, 6.45) is 3.60. The number of hydrogen-bond donors (Lipinski definition) is 3. The van der Waals surface area contributed by atoms with Gasteiger partial charge in [-0.15, -0.1) is 0 Å². The molecular weight excluding hydrogens is 292 g/mol. The fourth-order valence-corrected chi connectivity index (χ4v) is 3.45. The Labute approximate surface area is 124 Å².